The van der Waals surface area contributed by atoms with Crippen molar-refractivity contribution < 1.29 is 4.79 Å². The van der Waals surface area contributed by atoms with Crippen molar-refractivity contribution >= 4 is 17.4 Å². The van der Waals surface area contributed by atoms with E-state index >= 15 is 0 Å². The van der Waals surface area contributed by atoms with Gasteiger partial charge in [-0.25, -0.2) is 4.79 Å². The molecule has 0 radical (unpaired) electrons. The molecule has 0 unspecified atom stereocenters. The Morgan fingerprint density at radius 3 is 2.80 bits per heavy atom. The maximum atomic E-state index is 12.6. The Hall–Kier alpha value is -1.71. The molecule has 0 bridgehead atoms. The Morgan fingerprint density at radius 1 is 1.15 bits per heavy atom. The third kappa shape index (κ3) is 2.89. The van der Waals surface area contributed by atoms with Crippen LogP contribution in [-0.4, -0.2) is 25.2 Å². The zero-order chi connectivity index (χ0) is 13.8. The highest BCUT2D eigenvalue weighted by atomic mass is 16.2. The predicted molar refractivity (Wildman–Crippen MR) is 82.3 cm³/mol. The van der Waals surface area contributed by atoms with Crippen molar-refractivity contribution in [1.82, 2.24) is 5.32 Å². The molecule has 1 saturated carbocycles. The second kappa shape index (κ2) is 6.16. The second-order valence-electron chi connectivity index (χ2n) is 5.73. The molecule has 1 aromatic carbocycles. The molecule has 20 heavy (non-hydrogen) atoms. The third-order valence-electron chi connectivity index (χ3n) is 4.25. The summed E-state index contributed by atoms with van der Waals surface area (Å²) < 4.78 is 0. The lowest BCUT2D eigenvalue weighted by molar-refractivity contribution is 0.238. The van der Waals surface area contributed by atoms with Crippen LogP contribution in [0.15, 0.2) is 24.3 Å². The quantitative estimate of drug-likeness (QED) is 0.824. The van der Waals surface area contributed by atoms with Gasteiger partial charge in [0, 0.05) is 19.1 Å². The fourth-order valence-corrected chi connectivity index (χ4v) is 3.15. The summed E-state index contributed by atoms with van der Waals surface area (Å²) in [5.74, 6) is 0. The molecule has 2 aliphatic rings. The van der Waals surface area contributed by atoms with Gasteiger partial charge >= 0.3 is 6.03 Å². The number of nitrogens with zero attached hydrogens (tertiary/aromatic N) is 1. The van der Waals surface area contributed by atoms with Crippen LogP contribution >= 0.6 is 0 Å². The van der Waals surface area contributed by atoms with Crippen molar-refractivity contribution in [1.29, 1.82) is 0 Å². The summed E-state index contributed by atoms with van der Waals surface area (Å²) in [6.45, 7) is 1.70. The van der Waals surface area contributed by atoms with E-state index in [1.165, 1.54) is 19.3 Å². The molecule has 0 spiro atoms. The first-order valence-corrected chi connectivity index (χ1v) is 7.75. The van der Waals surface area contributed by atoms with Crippen LogP contribution in [0.5, 0.6) is 0 Å². The number of hydrogen-bond acceptors (Lipinski definition) is 2. The molecular formula is C16H23N3O. The number of rotatable bonds is 1. The Bertz CT molecular complexity index is 469. The standard InChI is InChI=1S/C16H23N3O/c20-16(18-13-7-2-1-3-8-13)19-12-6-11-17-14-9-4-5-10-15(14)19/h4-5,9-10,13,17H,1-3,6-8,11-12H2,(H,18,20). The van der Waals surface area contributed by atoms with E-state index in [1.54, 1.807) is 0 Å². The van der Waals surface area contributed by atoms with Gasteiger partial charge in [0.05, 0.1) is 11.4 Å². The second-order valence-corrected chi connectivity index (χ2v) is 5.73. The monoisotopic (exact) mass is 273 g/mol. The molecular weight excluding hydrogens is 250 g/mol. The van der Waals surface area contributed by atoms with Crippen molar-refractivity contribution in [3.63, 3.8) is 0 Å². The summed E-state index contributed by atoms with van der Waals surface area (Å²) in [5.41, 5.74) is 2.06. The maximum Gasteiger partial charge on any atom is 0.322 e. The van der Waals surface area contributed by atoms with Crippen LogP contribution in [0.1, 0.15) is 38.5 Å². The maximum absolute atomic E-state index is 12.6. The number of para-hydroxylation sites is 2. The van der Waals surface area contributed by atoms with E-state index in [9.17, 15) is 4.79 Å². The van der Waals surface area contributed by atoms with Crippen molar-refractivity contribution in [3.8, 4) is 0 Å². The predicted octanol–water partition coefficient (Wildman–Crippen LogP) is 3.35. The fraction of sp³-hybridized carbons (Fsp3) is 0.562. The number of benzene rings is 1. The summed E-state index contributed by atoms with van der Waals surface area (Å²) in [6, 6.07) is 8.49. The number of carbonyl (C=O) groups is 1. The molecule has 1 aliphatic heterocycles. The average Bonchev–Trinajstić information content (AvgIpc) is 2.70. The molecule has 2 N–H and O–H groups in total. The van der Waals surface area contributed by atoms with Gasteiger partial charge in [-0.05, 0) is 31.4 Å². The van der Waals surface area contributed by atoms with Crippen molar-refractivity contribution in [3.05, 3.63) is 24.3 Å². The van der Waals surface area contributed by atoms with E-state index in [4.69, 9.17) is 0 Å². The van der Waals surface area contributed by atoms with Crippen LogP contribution in [0.2, 0.25) is 0 Å². The van der Waals surface area contributed by atoms with Gasteiger partial charge in [0.15, 0.2) is 0 Å². The van der Waals surface area contributed by atoms with E-state index in [1.807, 2.05) is 29.2 Å². The molecule has 108 valence electrons. The summed E-state index contributed by atoms with van der Waals surface area (Å²) in [4.78, 5) is 14.5. The lowest BCUT2D eigenvalue weighted by atomic mass is 9.96. The van der Waals surface area contributed by atoms with E-state index < -0.39 is 0 Å². The lowest BCUT2D eigenvalue weighted by Crippen LogP contribution is -2.46. The number of anilines is 2. The largest absolute Gasteiger partial charge is 0.383 e. The number of carbonyl (C=O) groups excluding carboxylic acids is 1. The van der Waals surface area contributed by atoms with Gasteiger partial charge in [-0.3, -0.25) is 4.90 Å². The smallest absolute Gasteiger partial charge is 0.322 e. The van der Waals surface area contributed by atoms with Gasteiger partial charge in [0.1, 0.15) is 0 Å². The molecule has 1 heterocycles. The lowest BCUT2D eigenvalue weighted by Gasteiger charge is -2.28. The minimum atomic E-state index is 0.0630. The van der Waals surface area contributed by atoms with Gasteiger partial charge in [0.25, 0.3) is 0 Å². The fourth-order valence-electron chi connectivity index (χ4n) is 3.15. The molecule has 3 rings (SSSR count). The molecule has 4 nitrogen and oxygen atoms in total. The number of nitrogens with one attached hydrogen (secondary N) is 2. The first-order chi connectivity index (χ1) is 9.84. The average molecular weight is 273 g/mol. The van der Waals surface area contributed by atoms with Crippen LogP contribution in [0.4, 0.5) is 16.2 Å². The van der Waals surface area contributed by atoms with Crippen molar-refractivity contribution in [2.24, 2.45) is 0 Å². The Morgan fingerprint density at radius 2 is 1.95 bits per heavy atom. The minimum absolute atomic E-state index is 0.0630. The summed E-state index contributed by atoms with van der Waals surface area (Å²) in [6.07, 6.45) is 7.01. The van der Waals surface area contributed by atoms with Gasteiger partial charge in [-0.1, -0.05) is 31.4 Å². The molecule has 0 aromatic heterocycles. The summed E-state index contributed by atoms with van der Waals surface area (Å²) in [5, 5.41) is 6.61. The highest BCUT2D eigenvalue weighted by molar-refractivity contribution is 5.96. The third-order valence-corrected chi connectivity index (χ3v) is 4.25. The van der Waals surface area contributed by atoms with Crippen LogP contribution in [-0.2, 0) is 0 Å². The van der Waals surface area contributed by atoms with Gasteiger partial charge in [-0.15, -0.1) is 0 Å². The first kappa shape index (κ1) is 13.3. The van der Waals surface area contributed by atoms with E-state index in [0.29, 0.717) is 6.04 Å². The van der Waals surface area contributed by atoms with Crippen LogP contribution in [0.3, 0.4) is 0 Å². The summed E-state index contributed by atoms with van der Waals surface area (Å²) >= 11 is 0. The van der Waals surface area contributed by atoms with Crippen LogP contribution in [0.25, 0.3) is 0 Å². The zero-order valence-corrected chi connectivity index (χ0v) is 11.9. The molecule has 0 atom stereocenters. The van der Waals surface area contributed by atoms with Gasteiger partial charge in [-0.2, -0.15) is 0 Å². The van der Waals surface area contributed by atoms with Gasteiger partial charge in [0.2, 0.25) is 0 Å². The van der Waals surface area contributed by atoms with E-state index in [0.717, 1.165) is 43.7 Å². The molecule has 2 amide bonds. The number of hydrogen-bond donors (Lipinski definition) is 2. The molecule has 0 saturated heterocycles. The normalized spacial score (nSPS) is 19.7. The van der Waals surface area contributed by atoms with Crippen molar-refractivity contribution in [2.45, 2.75) is 44.6 Å². The van der Waals surface area contributed by atoms with E-state index in [2.05, 4.69) is 10.6 Å². The zero-order valence-electron chi connectivity index (χ0n) is 11.9. The molecule has 4 heteroatoms. The minimum Gasteiger partial charge on any atom is -0.383 e. The number of fused-ring (bicyclic) bond motifs is 1. The molecule has 1 fully saturated rings. The number of urea groups is 1. The topological polar surface area (TPSA) is 44.4 Å². The molecule has 1 aromatic rings. The highest BCUT2D eigenvalue weighted by Gasteiger charge is 2.23. The van der Waals surface area contributed by atoms with Crippen LogP contribution in [0, 0.1) is 0 Å². The Kier molecular flexibility index (Phi) is 4.09. The van der Waals surface area contributed by atoms with Crippen molar-refractivity contribution in [2.75, 3.05) is 23.3 Å². The Balaban J connectivity index is 1.73. The van der Waals surface area contributed by atoms with E-state index in [-0.39, 0.29) is 6.03 Å². The summed E-state index contributed by atoms with van der Waals surface area (Å²) in [7, 11) is 0. The highest BCUT2D eigenvalue weighted by Crippen LogP contribution is 2.28. The first-order valence-electron chi connectivity index (χ1n) is 7.75. The SMILES string of the molecule is O=C(NC1CCCCC1)N1CCCNc2ccccc21. The Labute approximate surface area is 120 Å². The van der Waals surface area contributed by atoms with Crippen LogP contribution < -0.4 is 15.5 Å². The molecule has 1 aliphatic carbocycles. The number of amides is 2. The van der Waals surface area contributed by atoms with Gasteiger partial charge < -0.3 is 10.6 Å².